The van der Waals surface area contributed by atoms with Crippen molar-refractivity contribution in [1.29, 1.82) is 0 Å². The average molecular weight is 1460 g/mol. The van der Waals surface area contributed by atoms with Crippen LogP contribution in [0, 0.1) is 0 Å². The first-order valence-corrected chi connectivity index (χ1v) is 38.6. The molecule has 0 spiro atoms. The Morgan fingerprint density at radius 2 is 0.690 bits per heavy atom. The molecule has 0 aromatic carbocycles. The Bertz CT molecular complexity index is 2880. The van der Waals surface area contributed by atoms with E-state index in [1.165, 1.54) is 70.1 Å². The van der Waals surface area contributed by atoms with E-state index in [4.69, 9.17) is 42.2 Å². The van der Waals surface area contributed by atoms with Crippen LogP contribution in [0.25, 0.3) is 0 Å². The lowest BCUT2D eigenvalue weighted by atomic mass is 9.96. The van der Waals surface area contributed by atoms with Gasteiger partial charge in [-0.05, 0) is 206 Å². The third kappa shape index (κ3) is 32.4. The molecule has 24 nitrogen and oxygen atoms in total. The highest BCUT2D eigenvalue weighted by Gasteiger charge is 2.55. The Morgan fingerprint density at radius 3 is 1.07 bits per heavy atom. The maximum Gasteiger partial charge on any atom is 0.483 e. The van der Waals surface area contributed by atoms with Crippen LogP contribution in [0.3, 0.4) is 0 Å². The van der Waals surface area contributed by atoms with Gasteiger partial charge in [-0.25, -0.2) is 9.13 Å². The van der Waals surface area contributed by atoms with Crippen molar-refractivity contribution in [3.63, 3.8) is 0 Å². The molecule has 0 aliphatic carbocycles. The van der Waals surface area contributed by atoms with Gasteiger partial charge in [-0.1, -0.05) is 116 Å². The second kappa shape index (κ2) is 45.5. The van der Waals surface area contributed by atoms with Crippen molar-refractivity contribution in [1.82, 2.24) is 0 Å². The van der Waals surface area contributed by atoms with E-state index < -0.39 is 152 Å². The van der Waals surface area contributed by atoms with Crippen LogP contribution in [0.2, 0.25) is 0 Å². The second-order valence-electron chi connectivity index (χ2n) is 28.0. The number of aliphatic hydroxyl groups excluding tert-OH is 10. The summed E-state index contributed by atoms with van der Waals surface area (Å²) in [5.41, 5.74) is 13.5. The van der Waals surface area contributed by atoms with Gasteiger partial charge in [-0.3, -0.25) is 9.05 Å². The van der Waals surface area contributed by atoms with Crippen molar-refractivity contribution in [3.05, 3.63) is 116 Å². The van der Waals surface area contributed by atoms with Crippen LogP contribution in [-0.2, 0) is 55.6 Å². The largest absolute Gasteiger partial charge is 0.483 e. The SMILES string of the molecule is CC(C)=CCCC(C)=CCCC(C)=CCCC(C)=CCCC(C)=CCCC(C)=CCCC(C)=CCCC(C)=CCCC(C)=CCCC(C)=CCOP(=O)(O)OP(=O)(O)O[C@@H]1O[C@H](CO)[C@H](O)[C@H](O[C@@H]2O[C@@H](C)[C@H](O[C@H]3O[C@H](CO)[C@@H](O)[C@H](O[C@H]4O[C@H](C)[C@H](O)C[C@H]4O)[C@@H]3O)[C@@H](O)[C@H]2O)[C@H]1O. The lowest BCUT2D eigenvalue weighted by Gasteiger charge is -2.48. The molecular formula is C74H124O24P2. The maximum absolute atomic E-state index is 13.2. The minimum Gasteiger partial charge on any atom is -0.394 e. The summed E-state index contributed by atoms with van der Waals surface area (Å²) in [4.78, 5) is 21.0. The first-order chi connectivity index (χ1) is 47.1. The molecule has 0 aromatic heterocycles. The smallest absolute Gasteiger partial charge is 0.394 e. The molecule has 4 aliphatic heterocycles. The molecule has 4 aliphatic rings. The monoisotopic (exact) mass is 1460 g/mol. The van der Waals surface area contributed by atoms with E-state index in [9.17, 15) is 70.0 Å². The highest BCUT2D eigenvalue weighted by molar-refractivity contribution is 7.61. The minimum atomic E-state index is -5.71. The summed E-state index contributed by atoms with van der Waals surface area (Å²) < 4.78 is 79.7. The van der Waals surface area contributed by atoms with Gasteiger partial charge in [0, 0.05) is 6.42 Å². The van der Waals surface area contributed by atoms with E-state index in [0.29, 0.717) is 12.8 Å². The van der Waals surface area contributed by atoms with Crippen LogP contribution in [-0.4, -0.2) is 197 Å². The van der Waals surface area contributed by atoms with Crippen molar-refractivity contribution in [2.75, 3.05) is 19.8 Å². The molecule has 0 radical (unpaired) electrons. The number of hydrogen-bond donors (Lipinski definition) is 12. The van der Waals surface area contributed by atoms with Crippen LogP contribution < -0.4 is 0 Å². The predicted octanol–water partition coefficient (Wildman–Crippen LogP) is 11.1. The van der Waals surface area contributed by atoms with Crippen molar-refractivity contribution < 1.29 is 116 Å². The molecule has 0 bridgehead atoms. The molecule has 21 atom stereocenters. The van der Waals surface area contributed by atoms with Crippen LogP contribution in [0.4, 0.5) is 0 Å². The zero-order chi connectivity index (χ0) is 74.4. The van der Waals surface area contributed by atoms with E-state index >= 15 is 0 Å². The normalized spacial score (nSPS) is 32.6. The zero-order valence-corrected chi connectivity index (χ0v) is 63.2. The molecule has 100 heavy (non-hydrogen) atoms. The topological polar surface area (TPSA) is 369 Å². The molecule has 0 amide bonds. The summed E-state index contributed by atoms with van der Waals surface area (Å²) in [6, 6.07) is 0. The quantitative estimate of drug-likeness (QED) is 0.0199. The summed E-state index contributed by atoms with van der Waals surface area (Å²) in [5, 5.41) is 108. The van der Waals surface area contributed by atoms with E-state index in [1.807, 2.05) is 0 Å². The van der Waals surface area contributed by atoms with Crippen LogP contribution in [0.1, 0.15) is 212 Å². The van der Waals surface area contributed by atoms with Crippen LogP contribution >= 0.6 is 15.6 Å². The third-order valence-electron chi connectivity index (χ3n) is 18.4. The van der Waals surface area contributed by atoms with Crippen molar-refractivity contribution in [2.45, 2.75) is 329 Å². The predicted molar refractivity (Wildman–Crippen MR) is 382 cm³/mol. The van der Waals surface area contributed by atoms with E-state index in [1.54, 1.807) is 6.92 Å². The average Bonchev–Trinajstić information content (AvgIpc) is 0.781. The van der Waals surface area contributed by atoms with Gasteiger partial charge in [-0.2, -0.15) is 4.31 Å². The number of allylic oxidation sites excluding steroid dienone is 19. The van der Waals surface area contributed by atoms with E-state index in [2.05, 4.69) is 128 Å². The number of aliphatic hydroxyl groups is 10. The van der Waals surface area contributed by atoms with Crippen LogP contribution in [0.5, 0.6) is 0 Å². The molecule has 4 fully saturated rings. The third-order valence-corrected chi connectivity index (χ3v) is 21.0. The molecular weight excluding hydrogens is 1330 g/mol. The molecule has 4 rings (SSSR count). The van der Waals surface area contributed by atoms with Crippen molar-refractivity contribution >= 4 is 15.6 Å². The molecule has 0 aromatic rings. The van der Waals surface area contributed by atoms with Crippen molar-refractivity contribution in [3.8, 4) is 0 Å². The fourth-order valence-electron chi connectivity index (χ4n) is 11.9. The standard InChI is InChI=1S/C74H124O24P2/c1-46(2)23-14-24-47(3)25-15-26-48(4)27-16-28-49(5)29-17-30-50(6)31-18-32-51(7)33-19-34-52(8)35-20-36-53(9)37-21-38-54(10)39-22-40-55(11)41-42-89-99(85,86)98-100(87,88)97-74-67(84)70(63(80)61(45-76)93-74)96-72-65(82)64(81)68(57(13)91-72)94-73-66(83)69(62(79)60(44-75)92-73)95-71-59(78)43-58(77)56(12)90-71/h23,25,27,29,31,33,35,37,39,41,56-84H,14-22,24,26,28,30,32,34,36,38,40,42-45H2,1-13H3,(H,85,86)(H,87,88)/t56-,57+,58-,59-,60-,61-,62-,63+,64+,65-,66+,67-,68+,69+,70+,71-,72+,73-,74+/m1/s1. The minimum absolute atomic E-state index is 0.157. The van der Waals surface area contributed by atoms with E-state index in [-0.39, 0.29) is 6.42 Å². The number of phosphoric ester groups is 2. The lowest BCUT2D eigenvalue weighted by molar-refractivity contribution is -0.382. The number of ether oxygens (including phenoxy) is 7. The zero-order valence-electron chi connectivity index (χ0n) is 61.5. The van der Waals surface area contributed by atoms with Gasteiger partial charge in [0.05, 0.1) is 38.1 Å². The fraction of sp³-hybridized carbons (Fsp3) is 0.730. The summed E-state index contributed by atoms with van der Waals surface area (Å²) in [6.07, 6.45) is 8.47. The van der Waals surface area contributed by atoms with Gasteiger partial charge < -0.3 is 94.0 Å². The molecule has 26 heteroatoms. The Hall–Kier alpha value is -3.02. The Labute approximate surface area is 594 Å². The number of rotatable bonds is 42. The van der Waals surface area contributed by atoms with Gasteiger partial charge in [0.15, 0.2) is 25.2 Å². The molecule has 574 valence electrons. The van der Waals surface area contributed by atoms with E-state index in [0.717, 1.165) is 108 Å². The Kier molecular flexibility index (Phi) is 40.6. The van der Waals surface area contributed by atoms with Crippen LogP contribution in [0.15, 0.2) is 116 Å². The number of phosphoric acid groups is 2. The summed E-state index contributed by atoms with van der Waals surface area (Å²) >= 11 is 0. The summed E-state index contributed by atoms with van der Waals surface area (Å²) in [6.45, 7) is 24.3. The van der Waals surface area contributed by atoms with Crippen molar-refractivity contribution in [2.24, 2.45) is 0 Å². The summed E-state index contributed by atoms with van der Waals surface area (Å²) in [7, 11) is -11.1. The Morgan fingerprint density at radius 1 is 0.370 bits per heavy atom. The van der Waals surface area contributed by atoms with Gasteiger partial charge in [0.2, 0.25) is 0 Å². The molecule has 0 saturated carbocycles. The Balaban J connectivity index is 1.13. The lowest BCUT2D eigenvalue weighted by Crippen LogP contribution is -2.66. The van der Waals surface area contributed by atoms with Gasteiger partial charge >= 0.3 is 15.6 Å². The van der Waals surface area contributed by atoms with Gasteiger partial charge in [0.25, 0.3) is 0 Å². The molecule has 12 N–H and O–H groups in total. The molecule has 2 unspecified atom stereocenters. The fourth-order valence-corrected chi connectivity index (χ4v) is 14.0. The number of hydrogen-bond acceptors (Lipinski definition) is 22. The highest BCUT2D eigenvalue weighted by atomic mass is 31.3. The molecule has 4 heterocycles. The first-order valence-electron chi connectivity index (χ1n) is 35.6. The maximum atomic E-state index is 13.2. The summed E-state index contributed by atoms with van der Waals surface area (Å²) in [5.74, 6) is 0. The van der Waals surface area contributed by atoms with Gasteiger partial charge in [0.1, 0.15) is 73.2 Å². The first kappa shape index (κ1) is 89.4. The second-order valence-corrected chi connectivity index (χ2v) is 31.0. The highest BCUT2D eigenvalue weighted by Crippen LogP contribution is 2.61. The van der Waals surface area contributed by atoms with Gasteiger partial charge in [-0.15, -0.1) is 0 Å². The molecule has 4 saturated heterocycles.